The predicted octanol–water partition coefficient (Wildman–Crippen LogP) is 1.25. The van der Waals surface area contributed by atoms with Crippen molar-refractivity contribution in [1.82, 2.24) is 34.8 Å². The first-order valence-electron chi connectivity index (χ1n) is 10.6. The molecule has 11 heteroatoms. The molecule has 1 N–H and O–H groups in total. The number of carbonyl (C=O) groups excluding carboxylic acids is 1. The van der Waals surface area contributed by atoms with Gasteiger partial charge in [-0.2, -0.15) is 5.10 Å². The number of nitrogens with zero attached hydrogens (tertiary/aromatic N) is 8. The Balaban J connectivity index is 1.49. The number of thioether (sulfide) groups is 1. The van der Waals surface area contributed by atoms with E-state index in [1.165, 1.54) is 0 Å². The van der Waals surface area contributed by atoms with Gasteiger partial charge < -0.3 is 19.7 Å². The third kappa shape index (κ3) is 5.78. The highest BCUT2D eigenvalue weighted by atomic mass is 32.2. The summed E-state index contributed by atoms with van der Waals surface area (Å²) in [6.45, 7) is 7.72. The number of aryl methyl sites for hydroxylation is 2. The molecule has 2 aromatic heterocycles. The van der Waals surface area contributed by atoms with E-state index >= 15 is 0 Å². The van der Waals surface area contributed by atoms with Crippen LogP contribution < -0.4 is 10.2 Å². The quantitative estimate of drug-likeness (QED) is 0.281. The number of anilines is 1. The Kier molecular flexibility index (Phi) is 7.94. The van der Waals surface area contributed by atoms with E-state index < -0.39 is 0 Å². The van der Waals surface area contributed by atoms with Gasteiger partial charge in [-0.3, -0.25) is 14.5 Å². The molecule has 1 fully saturated rings. The Morgan fingerprint density at radius 2 is 2.13 bits per heavy atom. The molecule has 1 aliphatic rings. The van der Waals surface area contributed by atoms with Crippen molar-refractivity contribution in [2.75, 3.05) is 44.4 Å². The second-order valence-corrected chi connectivity index (χ2v) is 8.80. The highest BCUT2D eigenvalue weighted by Gasteiger charge is 2.27. The molecular weight excluding hydrogens is 414 g/mol. The van der Waals surface area contributed by atoms with Gasteiger partial charge in [0.15, 0.2) is 11.1 Å². The van der Waals surface area contributed by atoms with Crippen molar-refractivity contribution in [3.05, 3.63) is 18.2 Å². The van der Waals surface area contributed by atoms with Crippen molar-refractivity contribution < 1.29 is 4.79 Å². The second kappa shape index (κ2) is 10.7. The Morgan fingerprint density at radius 1 is 1.32 bits per heavy atom. The van der Waals surface area contributed by atoms with Gasteiger partial charge in [-0.25, -0.2) is 0 Å². The molecule has 1 aliphatic heterocycles. The summed E-state index contributed by atoms with van der Waals surface area (Å²) in [5, 5.41) is 17.2. The Morgan fingerprint density at radius 3 is 2.74 bits per heavy atom. The molecule has 0 radical (unpaired) electrons. The molecule has 0 spiro atoms. The van der Waals surface area contributed by atoms with Crippen LogP contribution >= 0.6 is 11.8 Å². The second-order valence-electron chi connectivity index (χ2n) is 8.02. The average molecular weight is 448 g/mol. The van der Waals surface area contributed by atoms with Gasteiger partial charge in [-0.15, -0.1) is 10.2 Å². The minimum atomic E-state index is 0.0496. The largest absolute Gasteiger partial charge is 0.356 e. The number of hydrogen-bond acceptors (Lipinski definition) is 6. The first kappa shape index (κ1) is 23.1. The SMILES string of the molecule is CN=C(NCCCc1nnc(SC)n1CC(C)C)N1CCN(c2cnn(C)c2)C(=O)C1. The van der Waals surface area contributed by atoms with Gasteiger partial charge in [-0.1, -0.05) is 25.6 Å². The van der Waals surface area contributed by atoms with E-state index in [0.717, 1.165) is 55.1 Å². The predicted molar refractivity (Wildman–Crippen MR) is 123 cm³/mol. The summed E-state index contributed by atoms with van der Waals surface area (Å²) in [5.41, 5.74) is 0.838. The van der Waals surface area contributed by atoms with E-state index in [2.05, 4.69) is 44.0 Å². The van der Waals surface area contributed by atoms with Crippen molar-refractivity contribution in [3.8, 4) is 0 Å². The van der Waals surface area contributed by atoms with Gasteiger partial charge in [0.25, 0.3) is 0 Å². The van der Waals surface area contributed by atoms with Crippen LogP contribution in [0.3, 0.4) is 0 Å². The summed E-state index contributed by atoms with van der Waals surface area (Å²) >= 11 is 1.63. The molecule has 170 valence electrons. The van der Waals surface area contributed by atoms with E-state index in [4.69, 9.17) is 0 Å². The number of aliphatic imine (C=N–C) groups is 1. The van der Waals surface area contributed by atoms with Crippen LogP contribution in [0.1, 0.15) is 26.1 Å². The molecule has 1 saturated heterocycles. The van der Waals surface area contributed by atoms with Crippen LogP contribution in [0.5, 0.6) is 0 Å². The Labute approximate surface area is 188 Å². The fourth-order valence-electron chi connectivity index (χ4n) is 3.66. The molecule has 0 aromatic carbocycles. The van der Waals surface area contributed by atoms with Crippen molar-refractivity contribution in [2.24, 2.45) is 18.0 Å². The first-order valence-corrected chi connectivity index (χ1v) is 11.9. The lowest BCUT2D eigenvalue weighted by atomic mass is 10.2. The molecule has 3 heterocycles. The number of piperazine rings is 1. The molecule has 0 bridgehead atoms. The molecule has 31 heavy (non-hydrogen) atoms. The van der Waals surface area contributed by atoms with Crippen LogP contribution in [-0.2, 0) is 24.8 Å². The van der Waals surface area contributed by atoms with Gasteiger partial charge in [0.2, 0.25) is 5.91 Å². The number of guanidine groups is 1. The fourth-order valence-corrected chi connectivity index (χ4v) is 4.18. The summed E-state index contributed by atoms with van der Waals surface area (Å²) in [6.07, 6.45) is 7.37. The molecule has 3 rings (SSSR count). The number of nitrogens with one attached hydrogen (secondary N) is 1. The minimum absolute atomic E-state index is 0.0496. The van der Waals surface area contributed by atoms with Gasteiger partial charge >= 0.3 is 0 Å². The maximum Gasteiger partial charge on any atom is 0.246 e. The van der Waals surface area contributed by atoms with E-state index in [-0.39, 0.29) is 5.91 Å². The number of hydrogen-bond donors (Lipinski definition) is 1. The van der Waals surface area contributed by atoms with Gasteiger partial charge in [-0.05, 0) is 18.6 Å². The van der Waals surface area contributed by atoms with Crippen molar-refractivity contribution >= 4 is 29.3 Å². The third-order valence-electron chi connectivity index (χ3n) is 5.12. The minimum Gasteiger partial charge on any atom is -0.356 e. The summed E-state index contributed by atoms with van der Waals surface area (Å²) in [7, 11) is 3.60. The van der Waals surface area contributed by atoms with Crippen molar-refractivity contribution in [3.63, 3.8) is 0 Å². The number of rotatable bonds is 8. The zero-order valence-electron chi connectivity index (χ0n) is 19.1. The van der Waals surface area contributed by atoms with E-state index in [9.17, 15) is 4.79 Å². The lowest BCUT2D eigenvalue weighted by Gasteiger charge is -2.35. The Bertz CT molecular complexity index is 904. The van der Waals surface area contributed by atoms with Gasteiger partial charge in [0, 0.05) is 52.9 Å². The monoisotopic (exact) mass is 447 g/mol. The first-order chi connectivity index (χ1) is 14.9. The maximum atomic E-state index is 12.7. The number of amides is 1. The van der Waals surface area contributed by atoms with Gasteiger partial charge in [0.1, 0.15) is 12.4 Å². The highest BCUT2D eigenvalue weighted by molar-refractivity contribution is 7.98. The third-order valence-corrected chi connectivity index (χ3v) is 5.79. The van der Waals surface area contributed by atoms with Crippen LogP contribution in [0, 0.1) is 5.92 Å². The standard InChI is InChI=1S/C20H33N9OS/c1-15(2)12-29-17(24-25-20(29)31-5)7-6-8-22-19(21-3)27-9-10-28(18(30)14-27)16-11-23-26(4)13-16/h11,13,15H,6-10,12,14H2,1-5H3,(H,21,22). The summed E-state index contributed by atoms with van der Waals surface area (Å²) in [4.78, 5) is 20.8. The van der Waals surface area contributed by atoms with Gasteiger partial charge in [0.05, 0.1) is 11.9 Å². The number of carbonyl (C=O) groups is 1. The normalized spacial score (nSPS) is 15.3. The number of aromatic nitrogens is 5. The molecule has 0 atom stereocenters. The van der Waals surface area contributed by atoms with Crippen molar-refractivity contribution in [1.29, 1.82) is 0 Å². The summed E-state index contributed by atoms with van der Waals surface area (Å²) < 4.78 is 3.93. The zero-order valence-corrected chi connectivity index (χ0v) is 19.9. The molecule has 0 aliphatic carbocycles. The van der Waals surface area contributed by atoms with E-state index in [1.54, 1.807) is 34.6 Å². The van der Waals surface area contributed by atoms with Crippen LogP contribution in [0.4, 0.5) is 5.69 Å². The molecule has 10 nitrogen and oxygen atoms in total. The molecular formula is C20H33N9OS. The van der Waals surface area contributed by atoms with Crippen molar-refractivity contribution in [2.45, 2.75) is 38.4 Å². The smallest absolute Gasteiger partial charge is 0.246 e. The van der Waals surface area contributed by atoms with Crippen LogP contribution in [0.25, 0.3) is 0 Å². The highest BCUT2D eigenvalue weighted by Crippen LogP contribution is 2.17. The Hall–Kier alpha value is -2.56. The van der Waals surface area contributed by atoms with Crippen LogP contribution in [0.2, 0.25) is 0 Å². The zero-order chi connectivity index (χ0) is 22.4. The molecule has 2 aromatic rings. The lowest BCUT2D eigenvalue weighted by Crippen LogP contribution is -2.55. The van der Waals surface area contributed by atoms with Crippen LogP contribution in [-0.4, -0.2) is 80.8 Å². The fraction of sp³-hybridized carbons (Fsp3) is 0.650. The topological polar surface area (TPSA) is 96.5 Å². The summed E-state index contributed by atoms with van der Waals surface area (Å²) in [6, 6.07) is 0. The molecule has 0 unspecified atom stereocenters. The lowest BCUT2D eigenvalue weighted by molar-refractivity contribution is -0.120. The van der Waals surface area contributed by atoms with Crippen LogP contribution in [0.15, 0.2) is 22.5 Å². The maximum absolute atomic E-state index is 12.7. The average Bonchev–Trinajstić information content (AvgIpc) is 3.33. The summed E-state index contributed by atoms with van der Waals surface area (Å²) in [5.74, 6) is 2.37. The van der Waals surface area contributed by atoms with E-state index in [0.29, 0.717) is 19.0 Å². The molecule has 0 saturated carbocycles. The molecule has 1 amide bonds. The van der Waals surface area contributed by atoms with E-state index in [1.807, 2.05) is 24.4 Å².